The van der Waals surface area contributed by atoms with Crippen LogP contribution in [0.1, 0.15) is 19.8 Å². The Kier molecular flexibility index (Phi) is 7.64. The van der Waals surface area contributed by atoms with E-state index in [0.717, 1.165) is 16.5 Å². The van der Waals surface area contributed by atoms with Crippen molar-refractivity contribution in [2.24, 2.45) is 0 Å². The van der Waals surface area contributed by atoms with Crippen molar-refractivity contribution >= 4 is 50.7 Å². The third-order valence-corrected chi connectivity index (χ3v) is 7.01. The van der Waals surface area contributed by atoms with Gasteiger partial charge in [0.1, 0.15) is 5.82 Å². The summed E-state index contributed by atoms with van der Waals surface area (Å²) in [5.41, 5.74) is -0.0518. The van der Waals surface area contributed by atoms with Crippen molar-refractivity contribution in [1.29, 1.82) is 0 Å². The van der Waals surface area contributed by atoms with Gasteiger partial charge in [0.05, 0.1) is 10.6 Å². The molecule has 0 bridgehead atoms. The van der Waals surface area contributed by atoms with Crippen molar-refractivity contribution < 1.29 is 12.8 Å². The van der Waals surface area contributed by atoms with Gasteiger partial charge in [-0.05, 0) is 74.2 Å². The fourth-order valence-electron chi connectivity index (χ4n) is 2.62. The van der Waals surface area contributed by atoms with Crippen molar-refractivity contribution in [2.45, 2.75) is 30.7 Å². The summed E-state index contributed by atoms with van der Waals surface area (Å²) in [5, 5.41) is 0.700. The van der Waals surface area contributed by atoms with Crippen LogP contribution in [0.15, 0.2) is 47.4 Å². The molecule has 0 aromatic heterocycles. The van der Waals surface area contributed by atoms with Gasteiger partial charge in [0.25, 0.3) is 10.0 Å². The van der Waals surface area contributed by atoms with Gasteiger partial charge in [0.2, 0.25) is 0 Å². The van der Waals surface area contributed by atoms with Crippen LogP contribution in [0.5, 0.6) is 0 Å². The molecular weight excluding hydrogens is 416 g/mol. The van der Waals surface area contributed by atoms with Gasteiger partial charge in [-0.3, -0.25) is 4.31 Å². The second kappa shape index (κ2) is 9.31. The molecule has 0 N–H and O–H groups in total. The minimum atomic E-state index is -3.98. The number of anilines is 1. The third-order valence-electron chi connectivity index (χ3n) is 3.89. The summed E-state index contributed by atoms with van der Waals surface area (Å²) >= 11 is 13.5. The number of halogens is 3. The van der Waals surface area contributed by atoms with E-state index in [1.54, 1.807) is 18.7 Å². The Morgan fingerprint density at radius 1 is 1.12 bits per heavy atom. The summed E-state index contributed by atoms with van der Waals surface area (Å²) in [4.78, 5) is 0.0537. The molecule has 0 saturated heterocycles. The highest BCUT2D eigenvalue weighted by Crippen LogP contribution is 2.32. The molecule has 142 valence electrons. The molecule has 0 aliphatic heterocycles. The first kappa shape index (κ1) is 21.4. The molecular formula is C18H20Cl2FNO2S2. The number of benzene rings is 2. The Balaban J connectivity index is 2.52. The number of rotatable bonds is 8. The molecule has 3 nitrogen and oxygen atoms in total. The topological polar surface area (TPSA) is 37.4 Å². The van der Waals surface area contributed by atoms with Gasteiger partial charge in [-0.15, -0.1) is 0 Å². The quantitative estimate of drug-likeness (QED) is 0.487. The van der Waals surface area contributed by atoms with Gasteiger partial charge in [0.15, 0.2) is 0 Å². The van der Waals surface area contributed by atoms with E-state index in [2.05, 4.69) is 0 Å². The zero-order valence-electron chi connectivity index (χ0n) is 14.5. The average Bonchev–Trinajstić information content (AvgIpc) is 2.58. The molecule has 0 aliphatic carbocycles. The normalized spacial score (nSPS) is 12.8. The first-order valence-corrected chi connectivity index (χ1v) is 11.6. The molecule has 0 saturated carbocycles. The zero-order chi connectivity index (χ0) is 19.3. The lowest BCUT2D eigenvalue weighted by Gasteiger charge is -2.31. The fraction of sp³-hybridized carbons (Fsp3) is 0.333. The number of sulfonamides is 1. The predicted molar refractivity (Wildman–Crippen MR) is 110 cm³/mol. The second-order valence-corrected chi connectivity index (χ2v) is 9.51. The molecule has 8 heteroatoms. The number of thioether (sulfide) groups is 1. The average molecular weight is 436 g/mol. The largest absolute Gasteiger partial charge is 0.264 e. The molecule has 1 atom stereocenters. The maximum atomic E-state index is 14.5. The number of nitrogens with zero attached hydrogens (tertiary/aromatic N) is 1. The van der Waals surface area contributed by atoms with Crippen molar-refractivity contribution in [3.05, 3.63) is 58.3 Å². The van der Waals surface area contributed by atoms with Crippen molar-refractivity contribution in [3.63, 3.8) is 0 Å². The molecule has 0 aliphatic rings. The van der Waals surface area contributed by atoms with E-state index in [-0.39, 0.29) is 15.6 Å². The summed E-state index contributed by atoms with van der Waals surface area (Å²) in [6.45, 7) is 1.77. The Labute approximate surface area is 168 Å². The van der Waals surface area contributed by atoms with Gasteiger partial charge in [-0.25, -0.2) is 12.8 Å². The number of hydrogen-bond donors (Lipinski definition) is 0. The second-order valence-electron chi connectivity index (χ2n) is 5.83. The van der Waals surface area contributed by atoms with E-state index >= 15 is 0 Å². The molecule has 0 unspecified atom stereocenters. The van der Waals surface area contributed by atoms with Crippen LogP contribution in [0.4, 0.5) is 10.1 Å². The van der Waals surface area contributed by atoms with Crippen LogP contribution in [-0.2, 0) is 10.0 Å². The predicted octanol–water partition coefficient (Wildman–Crippen LogP) is 5.86. The van der Waals surface area contributed by atoms with Crippen molar-refractivity contribution in [2.75, 3.05) is 16.3 Å². The van der Waals surface area contributed by atoms with Crippen LogP contribution < -0.4 is 4.31 Å². The lowest BCUT2D eigenvalue weighted by molar-refractivity contribution is 0.560. The highest BCUT2D eigenvalue weighted by molar-refractivity contribution is 7.98. The monoisotopic (exact) mass is 435 g/mol. The Bertz CT molecular complexity index is 845. The van der Waals surface area contributed by atoms with E-state index in [9.17, 15) is 12.8 Å². The number of hydrogen-bond acceptors (Lipinski definition) is 3. The van der Waals surface area contributed by atoms with Crippen LogP contribution in [0, 0.1) is 5.82 Å². The van der Waals surface area contributed by atoms with Gasteiger partial charge in [-0.1, -0.05) is 23.2 Å². The first-order valence-electron chi connectivity index (χ1n) is 8.01. The van der Waals surface area contributed by atoms with Crippen LogP contribution >= 0.6 is 35.0 Å². The summed E-state index contributed by atoms with van der Waals surface area (Å²) < 4.78 is 42.1. The molecule has 2 rings (SSSR count). The smallest absolute Gasteiger partial charge is 0.261 e. The lowest BCUT2D eigenvalue weighted by Crippen LogP contribution is -2.39. The summed E-state index contributed by atoms with van der Waals surface area (Å²) in [6, 6.07) is 9.32. The maximum Gasteiger partial charge on any atom is 0.264 e. The standard InChI is InChI=1S/C18H20Cl2FNO2S2/c1-13(4-3-11-25-2)22(18-12-15(20)7-10-17(18)21)26(23,24)16-8-5-14(19)6-9-16/h5-10,12-13H,3-4,11H2,1-2H3/t13-/m1/s1. The minimum Gasteiger partial charge on any atom is -0.261 e. The van der Waals surface area contributed by atoms with E-state index in [0.29, 0.717) is 11.4 Å². The molecule has 2 aromatic carbocycles. The summed E-state index contributed by atoms with van der Waals surface area (Å²) in [7, 11) is -3.98. The van der Waals surface area contributed by atoms with E-state index < -0.39 is 21.9 Å². The van der Waals surface area contributed by atoms with E-state index in [1.807, 2.05) is 6.26 Å². The van der Waals surface area contributed by atoms with Crippen molar-refractivity contribution in [3.8, 4) is 0 Å². The van der Waals surface area contributed by atoms with Crippen molar-refractivity contribution in [1.82, 2.24) is 0 Å². The van der Waals surface area contributed by atoms with Gasteiger partial charge >= 0.3 is 0 Å². The highest BCUT2D eigenvalue weighted by atomic mass is 35.5. The lowest BCUT2D eigenvalue weighted by atomic mass is 10.2. The maximum absolute atomic E-state index is 14.5. The molecule has 0 heterocycles. The Morgan fingerprint density at radius 3 is 2.35 bits per heavy atom. The van der Waals surface area contributed by atoms with E-state index in [4.69, 9.17) is 23.2 Å². The van der Waals surface area contributed by atoms with Gasteiger partial charge < -0.3 is 0 Å². The third kappa shape index (κ3) is 5.06. The zero-order valence-corrected chi connectivity index (χ0v) is 17.6. The highest BCUT2D eigenvalue weighted by Gasteiger charge is 2.31. The van der Waals surface area contributed by atoms with Crippen LogP contribution in [0.3, 0.4) is 0 Å². The van der Waals surface area contributed by atoms with Gasteiger partial charge in [0, 0.05) is 16.1 Å². The molecule has 26 heavy (non-hydrogen) atoms. The summed E-state index contributed by atoms with van der Waals surface area (Å²) in [6.07, 6.45) is 3.40. The molecule has 2 aromatic rings. The van der Waals surface area contributed by atoms with Crippen LogP contribution in [-0.4, -0.2) is 26.5 Å². The minimum absolute atomic E-state index is 0.0518. The van der Waals surface area contributed by atoms with E-state index in [1.165, 1.54) is 42.5 Å². The van der Waals surface area contributed by atoms with Gasteiger partial charge in [-0.2, -0.15) is 11.8 Å². The van der Waals surface area contributed by atoms with Crippen LogP contribution in [0.25, 0.3) is 0 Å². The Hall–Kier alpha value is -0.950. The first-order chi connectivity index (χ1) is 12.3. The molecule has 0 fully saturated rings. The SMILES string of the molecule is CSCCC[C@@H](C)N(c1cc(Cl)ccc1F)S(=O)(=O)c1ccc(Cl)cc1. The molecule has 0 radical (unpaired) electrons. The summed E-state index contributed by atoms with van der Waals surface area (Å²) in [5.74, 6) is 0.264. The fourth-order valence-corrected chi connectivity index (χ4v) is 5.05. The van der Waals surface area contributed by atoms with Crippen LogP contribution in [0.2, 0.25) is 10.0 Å². The Morgan fingerprint density at radius 2 is 1.73 bits per heavy atom. The molecule has 0 amide bonds. The molecule has 0 spiro atoms.